The molecule has 0 radical (unpaired) electrons. The lowest BCUT2D eigenvalue weighted by Gasteiger charge is -1.92. The molecule has 17 heavy (non-hydrogen) atoms. The van der Waals surface area contributed by atoms with E-state index in [1.54, 1.807) is 24.0 Å². The summed E-state index contributed by atoms with van der Waals surface area (Å²) in [6.45, 7) is 0. The molecule has 0 aliphatic rings. The Kier molecular flexibility index (Phi) is 1.90. The number of hydrogen-bond donors (Lipinski definition) is 1. The van der Waals surface area contributed by atoms with E-state index in [1.165, 1.54) is 0 Å². The summed E-state index contributed by atoms with van der Waals surface area (Å²) in [5.41, 5.74) is 6.47. The van der Waals surface area contributed by atoms with Crippen LogP contribution in [0.4, 0.5) is 5.82 Å². The van der Waals surface area contributed by atoms with Crippen LogP contribution < -0.4 is 5.73 Å². The molecule has 0 aliphatic carbocycles. The molecule has 3 heterocycles. The van der Waals surface area contributed by atoms with Crippen molar-refractivity contribution in [3.63, 3.8) is 0 Å². The second-order valence-electron chi connectivity index (χ2n) is 3.26. The van der Waals surface area contributed by atoms with Gasteiger partial charge in [-0.2, -0.15) is 10.1 Å². The van der Waals surface area contributed by atoms with Gasteiger partial charge in [0.1, 0.15) is 5.69 Å². The molecule has 9 nitrogen and oxygen atoms in total. The highest BCUT2D eigenvalue weighted by Crippen LogP contribution is 2.22. The van der Waals surface area contributed by atoms with Crippen LogP contribution in [-0.2, 0) is 7.05 Å². The Bertz CT molecular complexity index is 597. The van der Waals surface area contributed by atoms with Gasteiger partial charge in [0.25, 0.3) is 5.89 Å². The average molecular weight is 233 g/mol. The molecular weight excluding hydrogens is 226 g/mol. The molecule has 0 unspecified atom stereocenters. The number of nitrogens with two attached hydrogens (primary N) is 1. The Labute approximate surface area is 94.2 Å². The van der Waals surface area contributed by atoms with E-state index in [2.05, 4.69) is 30.2 Å². The van der Waals surface area contributed by atoms with Crippen LogP contribution in [0.15, 0.2) is 21.4 Å². The summed E-state index contributed by atoms with van der Waals surface area (Å²) in [5, 5.41) is 14.8. The second kappa shape index (κ2) is 3.40. The predicted octanol–water partition coefficient (Wildman–Crippen LogP) is 0.102. The van der Waals surface area contributed by atoms with E-state index in [0.29, 0.717) is 11.6 Å². The highest BCUT2D eigenvalue weighted by molar-refractivity contribution is 5.63. The minimum absolute atomic E-state index is 0.113. The molecule has 0 aliphatic heterocycles. The fourth-order valence-electron chi connectivity index (χ4n) is 1.36. The first-order valence-electron chi connectivity index (χ1n) is 4.66. The van der Waals surface area contributed by atoms with Crippen LogP contribution >= 0.6 is 0 Å². The number of nitrogens with zero attached hydrogens (tertiary/aromatic N) is 6. The van der Waals surface area contributed by atoms with Gasteiger partial charge in [-0.1, -0.05) is 5.16 Å². The van der Waals surface area contributed by atoms with Crippen molar-refractivity contribution in [2.75, 3.05) is 5.73 Å². The van der Waals surface area contributed by atoms with E-state index in [1.807, 2.05) is 0 Å². The zero-order chi connectivity index (χ0) is 11.8. The van der Waals surface area contributed by atoms with E-state index in [-0.39, 0.29) is 17.3 Å². The molecule has 0 fully saturated rings. The Morgan fingerprint density at radius 3 is 2.82 bits per heavy atom. The molecule has 9 heteroatoms. The van der Waals surface area contributed by atoms with Crippen LogP contribution in [0.2, 0.25) is 0 Å². The van der Waals surface area contributed by atoms with Crippen LogP contribution in [-0.4, -0.2) is 30.2 Å². The predicted molar refractivity (Wildman–Crippen MR) is 54.2 cm³/mol. The van der Waals surface area contributed by atoms with Crippen LogP contribution in [0.25, 0.3) is 23.1 Å². The molecule has 3 aromatic heterocycles. The highest BCUT2D eigenvalue weighted by atomic mass is 16.6. The van der Waals surface area contributed by atoms with Crippen LogP contribution in [0, 0.1) is 0 Å². The van der Waals surface area contributed by atoms with E-state index in [0.717, 1.165) is 0 Å². The van der Waals surface area contributed by atoms with Crippen molar-refractivity contribution >= 4 is 5.82 Å². The normalized spacial score (nSPS) is 10.9. The third kappa shape index (κ3) is 1.44. The van der Waals surface area contributed by atoms with Gasteiger partial charge in [0.15, 0.2) is 11.5 Å². The molecule has 0 aromatic carbocycles. The summed E-state index contributed by atoms with van der Waals surface area (Å²) in [5.74, 6) is 0.657. The lowest BCUT2D eigenvalue weighted by molar-refractivity contribution is 0.310. The van der Waals surface area contributed by atoms with Gasteiger partial charge in [-0.25, -0.2) is 4.63 Å². The number of hydrogen-bond acceptors (Lipinski definition) is 8. The summed E-state index contributed by atoms with van der Waals surface area (Å²) in [4.78, 5) is 4.14. The maximum atomic E-state index is 5.52. The first-order valence-corrected chi connectivity index (χ1v) is 4.66. The van der Waals surface area contributed by atoms with Gasteiger partial charge in [0.2, 0.25) is 5.82 Å². The Morgan fingerprint density at radius 1 is 1.29 bits per heavy atom. The van der Waals surface area contributed by atoms with E-state index in [4.69, 9.17) is 10.3 Å². The molecule has 0 bridgehead atoms. The van der Waals surface area contributed by atoms with Crippen LogP contribution in [0.1, 0.15) is 0 Å². The molecule has 3 rings (SSSR count). The summed E-state index contributed by atoms with van der Waals surface area (Å²) in [7, 11) is 1.77. The third-order valence-corrected chi connectivity index (χ3v) is 2.19. The maximum Gasteiger partial charge on any atom is 0.276 e. The molecule has 0 saturated heterocycles. The Balaban J connectivity index is 2.05. The standard InChI is InChI=1S/C8H7N7O2/c1-15-4(2-3-10-15)8-11-7(14-16-8)5-6(9)13-17-12-5/h2-3H,1H3,(H2,9,13). The van der Waals surface area contributed by atoms with Crippen LogP contribution in [0.5, 0.6) is 0 Å². The summed E-state index contributed by atoms with van der Waals surface area (Å²) >= 11 is 0. The Hall–Kier alpha value is -2.71. The SMILES string of the molecule is Cn1nccc1-c1nc(-c2nonc2N)no1. The van der Waals surface area contributed by atoms with Crippen molar-refractivity contribution < 1.29 is 9.15 Å². The first-order chi connectivity index (χ1) is 8.25. The summed E-state index contributed by atoms with van der Waals surface area (Å²) in [6.07, 6.45) is 1.63. The van der Waals surface area contributed by atoms with Gasteiger partial charge in [-0.15, -0.1) is 0 Å². The third-order valence-electron chi connectivity index (χ3n) is 2.19. The van der Waals surface area contributed by atoms with E-state index < -0.39 is 0 Å². The highest BCUT2D eigenvalue weighted by Gasteiger charge is 2.18. The Morgan fingerprint density at radius 2 is 2.18 bits per heavy atom. The van der Waals surface area contributed by atoms with Crippen molar-refractivity contribution in [1.29, 1.82) is 0 Å². The molecule has 0 atom stereocenters. The summed E-state index contributed by atoms with van der Waals surface area (Å²) < 4.78 is 11.2. The molecule has 86 valence electrons. The number of anilines is 1. The number of aryl methyl sites for hydroxylation is 1. The van der Waals surface area contributed by atoms with Crippen molar-refractivity contribution in [3.05, 3.63) is 12.3 Å². The zero-order valence-corrected chi connectivity index (χ0v) is 8.73. The largest absolute Gasteiger partial charge is 0.379 e. The molecular formula is C8H7N7O2. The number of rotatable bonds is 2. The quantitative estimate of drug-likeness (QED) is 0.661. The fourth-order valence-corrected chi connectivity index (χ4v) is 1.36. The van der Waals surface area contributed by atoms with E-state index >= 15 is 0 Å². The van der Waals surface area contributed by atoms with Gasteiger partial charge in [-0.05, 0) is 16.4 Å². The maximum absolute atomic E-state index is 5.52. The van der Waals surface area contributed by atoms with Crippen molar-refractivity contribution in [2.45, 2.75) is 0 Å². The lowest BCUT2D eigenvalue weighted by atomic mass is 10.4. The molecule has 0 amide bonds. The van der Waals surface area contributed by atoms with Gasteiger partial charge in [0, 0.05) is 13.2 Å². The van der Waals surface area contributed by atoms with Gasteiger partial charge < -0.3 is 10.3 Å². The topological polar surface area (TPSA) is 122 Å². The zero-order valence-electron chi connectivity index (χ0n) is 8.73. The van der Waals surface area contributed by atoms with E-state index in [9.17, 15) is 0 Å². The number of aromatic nitrogens is 6. The summed E-state index contributed by atoms with van der Waals surface area (Å²) in [6, 6.07) is 1.75. The molecule has 2 N–H and O–H groups in total. The monoisotopic (exact) mass is 233 g/mol. The van der Waals surface area contributed by atoms with Crippen molar-refractivity contribution in [2.24, 2.45) is 7.05 Å². The number of nitrogen functional groups attached to an aromatic ring is 1. The first kappa shape index (κ1) is 9.51. The fraction of sp³-hybridized carbons (Fsp3) is 0.125. The minimum atomic E-state index is 0.113. The minimum Gasteiger partial charge on any atom is -0.379 e. The van der Waals surface area contributed by atoms with Crippen LogP contribution in [0.3, 0.4) is 0 Å². The van der Waals surface area contributed by atoms with Gasteiger partial charge in [-0.3, -0.25) is 4.68 Å². The second-order valence-corrected chi connectivity index (χ2v) is 3.26. The van der Waals surface area contributed by atoms with Crippen molar-refractivity contribution in [3.8, 4) is 23.1 Å². The smallest absolute Gasteiger partial charge is 0.276 e. The van der Waals surface area contributed by atoms with Gasteiger partial charge >= 0.3 is 0 Å². The average Bonchev–Trinajstić information content (AvgIpc) is 2.97. The van der Waals surface area contributed by atoms with Crippen molar-refractivity contribution in [1.82, 2.24) is 30.2 Å². The molecule has 0 spiro atoms. The molecule has 0 saturated carbocycles. The van der Waals surface area contributed by atoms with Gasteiger partial charge in [0.05, 0.1) is 0 Å². The molecule has 3 aromatic rings. The lowest BCUT2D eigenvalue weighted by Crippen LogP contribution is -1.93.